The summed E-state index contributed by atoms with van der Waals surface area (Å²) in [6.45, 7) is 0. The molecule has 1 aromatic rings. The van der Waals surface area contributed by atoms with E-state index in [1.165, 1.54) is 0 Å². The summed E-state index contributed by atoms with van der Waals surface area (Å²) in [5.74, 6) is 0. The van der Waals surface area contributed by atoms with E-state index in [4.69, 9.17) is 0 Å². The van der Waals surface area contributed by atoms with Gasteiger partial charge in [-0.2, -0.15) is 0 Å². The van der Waals surface area contributed by atoms with Gasteiger partial charge in [0.15, 0.2) is 0 Å². The van der Waals surface area contributed by atoms with Crippen LogP contribution in [0.1, 0.15) is 5.69 Å². The monoisotopic (exact) mass is 152 g/mol. The molecule has 0 atom stereocenters. The molecule has 0 aliphatic carbocycles. The zero-order valence-electron chi connectivity index (χ0n) is 5.65. The first kappa shape index (κ1) is 7.28. The van der Waals surface area contributed by atoms with Crippen molar-refractivity contribution >= 4 is 18.8 Å². The van der Waals surface area contributed by atoms with E-state index in [1.807, 2.05) is 12.1 Å². The van der Waals surface area contributed by atoms with Crippen molar-refractivity contribution in [3.63, 3.8) is 0 Å². The van der Waals surface area contributed by atoms with Gasteiger partial charge in [0.1, 0.15) is 0 Å². The van der Waals surface area contributed by atoms with Gasteiger partial charge >= 0.3 is 0 Å². The molecule has 0 bridgehead atoms. The smallest absolute Gasteiger partial charge is 0.0940 e. The summed E-state index contributed by atoms with van der Waals surface area (Å²) in [7, 11) is 1.71. The minimum atomic E-state index is 0.813. The van der Waals surface area contributed by atoms with Crippen molar-refractivity contribution in [1.82, 2.24) is 4.98 Å². The Morgan fingerprint density at radius 2 is 2.50 bits per heavy atom. The van der Waals surface area contributed by atoms with Gasteiger partial charge in [0, 0.05) is 24.4 Å². The summed E-state index contributed by atoms with van der Waals surface area (Å²) in [6.07, 6.45) is 3.40. The van der Waals surface area contributed by atoms with Crippen LogP contribution in [-0.4, -0.2) is 18.2 Å². The van der Waals surface area contributed by atoms with Crippen LogP contribution in [0, 0.1) is 0 Å². The number of aliphatic imine (C=N–C) groups is 1. The van der Waals surface area contributed by atoms with Gasteiger partial charge < -0.3 is 0 Å². The molecule has 0 radical (unpaired) electrons. The zero-order valence-corrected chi connectivity index (χ0v) is 6.55. The van der Waals surface area contributed by atoms with Crippen molar-refractivity contribution < 1.29 is 0 Å². The van der Waals surface area contributed by atoms with Crippen LogP contribution in [0.25, 0.3) is 0 Å². The summed E-state index contributed by atoms with van der Waals surface area (Å²) in [4.78, 5) is 8.73. The van der Waals surface area contributed by atoms with Crippen LogP contribution in [0.15, 0.2) is 28.2 Å². The van der Waals surface area contributed by atoms with Crippen LogP contribution in [-0.2, 0) is 0 Å². The molecule has 0 N–H and O–H groups in total. The van der Waals surface area contributed by atoms with Crippen molar-refractivity contribution in [2.24, 2.45) is 4.99 Å². The molecule has 2 nitrogen and oxygen atoms in total. The normalized spacial score (nSPS) is 10.6. The Labute approximate surface area is 65.4 Å². The zero-order chi connectivity index (χ0) is 7.40. The molecule has 0 aliphatic heterocycles. The van der Waals surface area contributed by atoms with Crippen molar-refractivity contribution in [3.8, 4) is 0 Å². The quantitative estimate of drug-likeness (QED) is 0.478. The Morgan fingerprint density at radius 1 is 1.70 bits per heavy atom. The topological polar surface area (TPSA) is 25.2 Å². The van der Waals surface area contributed by atoms with Crippen molar-refractivity contribution in [1.29, 1.82) is 0 Å². The Balaban J connectivity index is 3.03. The SMILES string of the molecule is CN=Cc1ncccc1S. The number of thiol groups is 1. The molecule has 0 aliphatic rings. The van der Waals surface area contributed by atoms with Crippen LogP contribution in [0.2, 0.25) is 0 Å². The predicted molar refractivity (Wildman–Crippen MR) is 45.0 cm³/mol. The molecule has 52 valence electrons. The summed E-state index contributed by atoms with van der Waals surface area (Å²) >= 11 is 4.18. The molecule has 0 saturated heterocycles. The predicted octanol–water partition coefficient (Wildman–Crippen LogP) is 1.42. The number of nitrogens with zero attached hydrogens (tertiary/aromatic N) is 2. The van der Waals surface area contributed by atoms with E-state index in [-0.39, 0.29) is 0 Å². The number of hydrogen-bond donors (Lipinski definition) is 1. The average molecular weight is 152 g/mol. The van der Waals surface area contributed by atoms with Crippen molar-refractivity contribution in [2.45, 2.75) is 4.90 Å². The van der Waals surface area contributed by atoms with Gasteiger partial charge in [0.2, 0.25) is 0 Å². The van der Waals surface area contributed by atoms with E-state index < -0.39 is 0 Å². The molecule has 1 rings (SSSR count). The van der Waals surface area contributed by atoms with Crippen molar-refractivity contribution in [2.75, 3.05) is 7.05 Å². The van der Waals surface area contributed by atoms with Crippen LogP contribution >= 0.6 is 12.6 Å². The molecule has 0 amide bonds. The molecule has 0 saturated carbocycles. The maximum atomic E-state index is 4.18. The maximum absolute atomic E-state index is 4.18. The lowest BCUT2D eigenvalue weighted by molar-refractivity contribution is 1.21. The largest absolute Gasteiger partial charge is 0.294 e. The molecule has 1 heterocycles. The summed E-state index contributed by atoms with van der Waals surface area (Å²) in [6, 6.07) is 3.72. The number of pyridine rings is 1. The molecule has 1 aromatic heterocycles. The molecular formula is C7H8N2S. The fourth-order valence-corrected chi connectivity index (χ4v) is 0.832. The Morgan fingerprint density at radius 3 is 3.10 bits per heavy atom. The molecule has 10 heavy (non-hydrogen) atoms. The van der Waals surface area contributed by atoms with Crippen LogP contribution in [0.4, 0.5) is 0 Å². The van der Waals surface area contributed by atoms with Gasteiger partial charge in [-0.3, -0.25) is 9.98 Å². The highest BCUT2D eigenvalue weighted by atomic mass is 32.1. The molecule has 0 spiro atoms. The van der Waals surface area contributed by atoms with Gasteiger partial charge in [-0.25, -0.2) is 0 Å². The van der Waals surface area contributed by atoms with E-state index in [0.29, 0.717) is 0 Å². The van der Waals surface area contributed by atoms with E-state index in [1.54, 1.807) is 19.5 Å². The molecule has 3 heteroatoms. The standard InChI is InChI=1S/C7H8N2S/c1-8-5-6-7(10)3-2-4-9-6/h2-5,10H,1H3. The summed E-state index contributed by atoms with van der Waals surface area (Å²) in [5, 5.41) is 0. The molecule has 0 fully saturated rings. The first-order valence-corrected chi connectivity index (χ1v) is 3.35. The summed E-state index contributed by atoms with van der Waals surface area (Å²) < 4.78 is 0. The van der Waals surface area contributed by atoms with Crippen molar-refractivity contribution in [3.05, 3.63) is 24.0 Å². The third-order valence-electron chi connectivity index (χ3n) is 1.07. The Hall–Kier alpha value is -0.830. The highest BCUT2D eigenvalue weighted by Crippen LogP contribution is 2.06. The molecule has 0 aromatic carbocycles. The second kappa shape index (κ2) is 3.37. The average Bonchev–Trinajstić information content (AvgIpc) is 1.94. The minimum absolute atomic E-state index is 0.813. The fourth-order valence-electron chi connectivity index (χ4n) is 0.631. The second-order valence-corrected chi connectivity index (χ2v) is 2.28. The number of aromatic nitrogens is 1. The lowest BCUT2D eigenvalue weighted by atomic mass is 10.4. The Bertz CT molecular complexity index is 245. The third-order valence-corrected chi connectivity index (χ3v) is 1.45. The Kier molecular flexibility index (Phi) is 2.45. The van der Waals surface area contributed by atoms with E-state index >= 15 is 0 Å². The highest BCUT2D eigenvalue weighted by Gasteiger charge is 1.91. The lowest BCUT2D eigenvalue weighted by Gasteiger charge is -1.93. The number of rotatable bonds is 1. The lowest BCUT2D eigenvalue weighted by Crippen LogP contribution is -1.87. The van der Waals surface area contributed by atoms with Gasteiger partial charge in [0.25, 0.3) is 0 Å². The fraction of sp³-hybridized carbons (Fsp3) is 0.143. The van der Waals surface area contributed by atoms with Crippen LogP contribution in [0.5, 0.6) is 0 Å². The highest BCUT2D eigenvalue weighted by molar-refractivity contribution is 7.80. The van der Waals surface area contributed by atoms with E-state index in [0.717, 1.165) is 10.6 Å². The molecular weight excluding hydrogens is 144 g/mol. The summed E-state index contributed by atoms with van der Waals surface area (Å²) in [5.41, 5.74) is 0.813. The first-order valence-electron chi connectivity index (χ1n) is 2.90. The third kappa shape index (κ3) is 1.57. The number of hydrogen-bond acceptors (Lipinski definition) is 3. The first-order chi connectivity index (χ1) is 4.84. The van der Waals surface area contributed by atoms with E-state index in [2.05, 4.69) is 22.6 Å². The van der Waals surface area contributed by atoms with E-state index in [9.17, 15) is 0 Å². The van der Waals surface area contributed by atoms with Gasteiger partial charge in [-0.1, -0.05) is 0 Å². The second-order valence-electron chi connectivity index (χ2n) is 1.80. The van der Waals surface area contributed by atoms with Crippen LogP contribution < -0.4 is 0 Å². The maximum Gasteiger partial charge on any atom is 0.0940 e. The van der Waals surface area contributed by atoms with Gasteiger partial charge in [-0.05, 0) is 12.1 Å². The van der Waals surface area contributed by atoms with Crippen LogP contribution in [0.3, 0.4) is 0 Å². The van der Waals surface area contributed by atoms with Gasteiger partial charge in [0.05, 0.1) is 5.69 Å². The van der Waals surface area contributed by atoms with Gasteiger partial charge in [-0.15, -0.1) is 12.6 Å². The minimum Gasteiger partial charge on any atom is -0.294 e. The molecule has 0 unspecified atom stereocenters.